The van der Waals surface area contributed by atoms with Gasteiger partial charge in [-0.3, -0.25) is 50.7 Å². The molecule has 4 fully saturated rings. The minimum Gasteiger partial charge on any atom is -1.00 e. The molecule has 0 amide bonds. The third-order valence-corrected chi connectivity index (χ3v) is 22.4. The van der Waals surface area contributed by atoms with Gasteiger partial charge in [-0.05, 0) is 123 Å². The Morgan fingerprint density at radius 1 is 0.394 bits per heavy atom. The van der Waals surface area contributed by atoms with Crippen molar-refractivity contribution in [1.29, 1.82) is 0 Å². The van der Waals surface area contributed by atoms with E-state index >= 15 is 0 Å². The second kappa shape index (κ2) is 72.4. The number of anilines is 2. The maximum absolute atomic E-state index is 7.75. The van der Waals surface area contributed by atoms with Crippen molar-refractivity contribution < 1.29 is 131 Å². The summed E-state index contributed by atoms with van der Waals surface area (Å²) in [5.74, 6) is 1.29. The number of nitrogens with zero attached hydrogens (tertiary/aromatic N) is 6. The molecular weight excluding hydrogens is 1510 g/mol. The van der Waals surface area contributed by atoms with Crippen LogP contribution in [0.25, 0.3) is 10.6 Å². The number of aromatic nitrogens is 2. The van der Waals surface area contributed by atoms with Gasteiger partial charge in [0.05, 0.1) is 48.4 Å². The zero-order valence-electron chi connectivity index (χ0n) is 57.0. The van der Waals surface area contributed by atoms with Gasteiger partial charge in [0, 0.05) is 97.5 Å². The summed E-state index contributed by atoms with van der Waals surface area (Å²) in [6.07, 6.45) is 26.6. The minimum absolute atomic E-state index is 0. The van der Waals surface area contributed by atoms with Crippen molar-refractivity contribution in [2.75, 3.05) is 38.0 Å². The molecule has 0 N–H and O–H groups in total. The third-order valence-electron chi connectivity index (χ3n) is 15.7. The SMILES string of the molecule is C1CCCC1.C1CCCC1.C[C@@H]([N-]Cc1cc(N(C)C)ccn1)C1CCCC1[PH+](c1ccccc1)c1ccccc1.C[C@H]([N-]Cc1cc(N(C)C)ccn1)C1CCCC1[PH+](c1ccccc1)c1ccccc1.[Br-].[Br-].[CH-]=O.[CH-]=O.[CH-]=O.[CH-]=O.[CH-]=O.[CH-]=O.[CH3-].[CH3-].[CH3-].[CH3-].[Fe+2].[Fe+2].[Mn].[Mn]. The first-order valence-electron chi connectivity index (χ1n) is 29.2. The average molecular weight is 1620 g/mol. The van der Waals surface area contributed by atoms with Gasteiger partial charge in [-0.25, -0.2) is 0 Å². The van der Waals surface area contributed by atoms with Crippen molar-refractivity contribution in [3.63, 3.8) is 0 Å². The Morgan fingerprint density at radius 3 is 0.830 bits per heavy atom. The van der Waals surface area contributed by atoms with E-state index in [0.717, 1.165) is 22.7 Å². The quantitative estimate of drug-likeness (QED) is 0.0396. The molecule has 530 valence electrons. The molecule has 2 radical (unpaired) electrons. The average Bonchev–Trinajstić information content (AvgIpc) is 1.53. The second-order valence-corrected chi connectivity index (χ2v) is 26.6. The Kier molecular flexibility index (Phi) is 86.2. The molecule has 2 heterocycles. The van der Waals surface area contributed by atoms with Gasteiger partial charge >= 0.3 is 34.1 Å². The van der Waals surface area contributed by atoms with Gasteiger partial charge in [-0.15, -0.1) is 25.2 Å². The van der Waals surface area contributed by atoms with Crippen molar-refractivity contribution in [2.24, 2.45) is 11.8 Å². The normalized spacial score (nSPS) is 15.7. The van der Waals surface area contributed by atoms with Crippen LogP contribution in [0.2, 0.25) is 0 Å². The summed E-state index contributed by atoms with van der Waals surface area (Å²) in [6.45, 7) is 25.6. The van der Waals surface area contributed by atoms with Crippen molar-refractivity contribution >= 4 is 89.2 Å². The number of benzene rings is 4. The van der Waals surface area contributed by atoms with Gasteiger partial charge in [0.2, 0.25) is 0 Å². The van der Waals surface area contributed by atoms with E-state index in [1.165, 1.54) is 135 Å². The standard InChI is InChI=1S/2C27H33N3P.2C5H10.6CHO.4CH3.2BrH.2Fe.2Mn/c2*1-21(29-20-22-19-23(30(2)3)17-18-28-22)26-15-10-16-27(26)31(24-11-6-4-7-12-24)25-13-8-5-9-14-25;2*1-2-4-5-3-1;6*1-2;;;;;;;;;;/h2*4-9,11-14,17-19,21,26-27H,10,15-16,20H2,1-3H3;2*1-5H2;6*1H;4*1H3;2*1H;;;;/q2*-1;;;10*-1;;;2*+2;;/t2*21-,26?,27?;;;;;;;;;;;;;;;;;;/m10................../s1. The minimum atomic E-state index is -0.852. The fourth-order valence-electron chi connectivity index (χ4n) is 11.7. The maximum Gasteiger partial charge on any atom is 2.00 e. The Labute approximate surface area is 637 Å². The molecule has 4 unspecified atom stereocenters. The molecule has 20 heteroatoms. The molecule has 0 bridgehead atoms. The van der Waals surface area contributed by atoms with Crippen LogP contribution >= 0.6 is 15.8 Å². The van der Waals surface area contributed by atoms with Crippen LogP contribution in [-0.2, 0) is 110 Å². The zero-order valence-corrected chi connectivity index (χ0v) is 66.8. The molecule has 6 aromatic rings. The second-order valence-electron chi connectivity index (χ2n) is 21.2. The van der Waals surface area contributed by atoms with E-state index in [-0.39, 0.29) is 132 Å². The third kappa shape index (κ3) is 41.1. The Balaban J connectivity index is -0.000000132. The summed E-state index contributed by atoms with van der Waals surface area (Å²) in [5, 5.41) is 16.4. The summed E-state index contributed by atoms with van der Waals surface area (Å²) in [6, 6.07) is 54.0. The molecule has 10 rings (SSSR count). The molecule has 0 spiro atoms. The summed E-state index contributed by atoms with van der Waals surface area (Å²) in [5.41, 5.74) is 5.92. The summed E-state index contributed by atoms with van der Waals surface area (Å²) in [4.78, 5) is 59.9. The molecule has 2 aromatic heterocycles. The van der Waals surface area contributed by atoms with Crippen LogP contribution in [0.4, 0.5) is 11.4 Å². The fourth-order valence-corrected chi connectivity index (χ4v) is 19.0. The van der Waals surface area contributed by atoms with Gasteiger partial charge in [0.25, 0.3) is 0 Å². The van der Waals surface area contributed by atoms with Crippen LogP contribution in [0, 0.1) is 41.5 Å². The molecule has 6 atom stereocenters. The number of halogens is 2. The summed E-state index contributed by atoms with van der Waals surface area (Å²) in [7, 11) is 6.57. The molecule has 4 aromatic carbocycles. The number of carbonyl (C=O) groups excluding carboxylic acids is 6. The fraction of sp³-hybridized carbons (Fsp3) is 0.405. The van der Waals surface area contributed by atoms with Crippen molar-refractivity contribution in [3.8, 4) is 0 Å². The Hall–Kier alpha value is -3.38. The van der Waals surface area contributed by atoms with Crippen LogP contribution in [0.1, 0.15) is 128 Å². The van der Waals surface area contributed by atoms with E-state index in [4.69, 9.17) is 39.4 Å². The first-order valence-corrected chi connectivity index (χ1v) is 32.4. The Morgan fingerprint density at radius 2 is 0.617 bits per heavy atom. The topological polar surface area (TPSA) is 163 Å². The molecule has 12 nitrogen and oxygen atoms in total. The van der Waals surface area contributed by atoms with Gasteiger partial charge in [-0.1, -0.05) is 151 Å². The van der Waals surface area contributed by atoms with Crippen LogP contribution in [0.3, 0.4) is 0 Å². The number of rotatable bonds is 16. The predicted molar refractivity (Wildman–Crippen MR) is 386 cm³/mol. The van der Waals surface area contributed by atoms with E-state index in [1.54, 1.807) is 0 Å². The van der Waals surface area contributed by atoms with Crippen molar-refractivity contribution in [2.45, 2.75) is 153 Å². The van der Waals surface area contributed by atoms with Crippen LogP contribution < -0.4 is 65.0 Å². The van der Waals surface area contributed by atoms with E-state index < -0.39 is 15.8 Å². The van der Waals surface area contributed by atoms with Crippen molar-refractivity contribution in [1.82, 2.24) is 9.97 Å². The number of hydrogen-bond acceptors (Lipinski definition) is 10. The van der Waals surface area contributed by atoms with E-state index in [9.17, 15) is 0 Å². The summed E-state index contributed by atoms with van der Waals surface area (Å²) >= 11 is 0. The molecule has 0 aliphatic heterocycles. The van der Waals surface area contributed by atoms with Gasteiger partial charge in [0.15, 0.2) is 0 Å². The summed E-state index contributed by atoms with van der Waals surface area (Å²) < 4.78 is 0. The van der Waals surface area contributed by atoms with Gasteiger partial charge in [-0.2, -0.15) is 0 Å². The maximum atomic E-state index is 7.75. The number of hydrogen-bond donors (Lipinski definition) is 0. The van der Waals surface area contributed by atoms with Crippen LogP contribution in [-0.4, -0.2) is 102 Å². The monoisotopic (exact) mass is 1620 g/mol. The van der Waals surface area contributed by atoms with E-state index in [0.29, 0.717) is 37.0 Å². The molecule has 4 aliphatic rings. The molecule has 4 aliphatic carbocycles. The first kappa shape index (κ1) is 112. The van der Waals surface area contributed by atoms with Crippen LogP contribution in [0.5, 0.6) is 0 Å². The number of pyridine rings is 2. The van der Waals surface area contributed by atoms with Crippen LogP contribution in [0.15, 0.2) is 158 Å². The molecule has 0 saturated heterocycles. The van der Waals surface area contributed by atoms with Gasteiger partial charge < -0.3 is 113 Å². The van der Waals surface area contributed by atoms with E-state index in [1.807, 2.05) is 24.5 Å². The molecule has 94 heavy (non-hydrogen) atoms. The Bertz CT molecular complexity index is 2280. The van der Waals surface area contributed by atoms with E-state index in [2.05, 4.69) is 236 Å². The molecular formula is C74H106Br2Fe2Mn2N6O6P2-8. The van der Waals surface area contributed by atoms with Gasteiger partial charge in [0.1, 0.15) is 0 Å². The smallest absolute Gasteiger partial charge is 1.00 e. The largest absolute Gasteiger partial charge is 2.00 e. The first-order chi connectivity index (χ1) is 41.3. The predicted octanol–water partition coefficient (Wildman–Crippen LogP) is 8.94. The molecule has 4 saturated carbocycles. The zero-order chi connectivity index (χ0) is 62.3. The van der Waals surface area contributed by atoms with Crippen molar-refractivity contribution in [3.05, 3.63) is 210 Å².